The van der Waals surface area contributed by atoms with Gasteiger partial charge in [0.15, 0.2) is 0 Å². The Morgan fingerprint density at radius 1 is 0.900 bits per heavy atom. The minimum absolute atomic E-state index is 0.0239. The summed E-state index contributed by atoms with van der Waals surface area (Å²) in [5.74, 6) is -0.742. The maximum atomic E-state index is 10.4. The number of carbonyl (C=O) groups is 1. The zero-order chi connectivity index (χ0) is 18.8. The SMILES string of the molecule is [2H]C1CC(CCCCCCCCCCC(=O)O)C([2H])C([2H])C([2H])C1[2H]. The highest BCUT2D eigenvalue weighted by Crippen LogP contribution is 2.27. The van der Waals surface area contributed by atoms with Crippen molar-refractivity contribution in [2.45, 2.75) is 103 Å². The summed E-state index contributed by atoms with van der Waals surface area (Å²) >= 11 is 0. The molecule has 2 heteroatoms. The molecule has 118 valence electrons. The highest BCUT2D eigenvalue weighted by molar-refractivity contribution is 5.66. The van der Waals surface area contributed by atoms with Crippen LogP contribution in [0.15, 0.2) is 0 Å². The van der Waals surface area contributed by atoms with Gasteiger partial charge in [-0.2, -0.15) is 0 Å². The van der Waals surface area contributed by atoms with Crippen LogP contribution >= 0.6 is 0 Å². The van der Waals surface area contributed by atoms with Gasteiger partial charge in [-0.1, -0.05) is 89.8 Å². The van der Waals surface area contributed by atoms with Crippen molar-refractivity contribution in [1.82, 2.24) is 0 Å². The normalized spacial score (nSPS) is 41.7. The Labute approximate surface area is 132 Å². The van der Waals surface area contributed by atoms with Crippen molar-refractivity contribution in [3.05, 3.63) is 0 Å². The Bertz CT molecular complexity index is 382. The lowest BCUT2D eigenvalue weighted by Crippen LogP contribution is -1.98. The average molecular weight is 287 g/mol. The third kappa shape index (κ3) is 10.3. The second-order valence-corrected chi connectivity index (χ2v) is 5.76. The summed E-state index contributed by atoms with van der Waals surface area (Å²) in [5, 5.41) is 8.56. The Hall–Kier alpha value is -0.530. The van der Waals surface area contributed by atoms with Gasteiger partial charge in [-0.15, -0.1) is 0 Å². The first kappa shape index (κ1) is 11.1. The fourth-order valence-corrected chi connectivity index (χ4v) is 2.65. The molecule has 6 unspecified atom stereocenters. The molecule has 2 nitrogen and oxygen atoms in total. The van der Waals surface area contributed by atoms with Crippen molar-refractivity contribution < 1.29 is 16.8 Å². The molecule has 1 N–H and O–H groups in total. The first-order valence-electron chi connectivity index (χ1n) is 11.1. The summed E-state index contributed by atoms with van der Waals surface area (Å²) in [4.78, 5) is 10.4. The van der Waals surface area contributed by atoms with E-state index in [0.29, 0.717) is 6.42 Å². The van der Waals surface area contributed by atoms with Gasteiger partial charge < -0.3 is 5.11 Å². The summed E-state index contributed by atoms with van der Waals surface area (Å²) in [6, 6.07) is 0. The van der Waals surface area contributed by atoms with Gasteiger partial charge in [0, 0.05) is 13.3 Å². The average Bonchev–Trinajstić information content (AvgIpc) is 2.64. The van der Waals surface area contributed by atoms with Gasteiger partial charge in [-0.05, 0) is 12.3 Å². The molecule has 0 heterocycles. The highest BCUT2D eigenvalue weighted by atomic mass is 16.4. The minimum Gasteiger partial charge on any atom is -0.481 e. The van der Waals surface area contributed by atoms with Crippen LogP contribution in [0.4, 0.5) is 0 Å². The molecule has 0 spiro atoms. The molecule has 0 aromatic heterocycles. The number of aliphatic carboxylic acids is 1. The molecular formula is C18H34O2. The van der Waals surface area contributed by atoms with E-state index in [-0.39, 0.29) is 12.3 Å². The maximum absolute atomic E-state index is 10.4. The van der Waals surface area contributed by atoms with Gasteiger partial charge in [0.1, 0.15) is 0 Å². The fraction of sp³-hybridized carbons (Fsp3) is 0.944. The van der Waals surface area contributed by atoms with Gasteiger partial charge in [0.25, 0.3) is 0 Å². The monoisotopic (exact) mass is 287 g/mol. The van der Waals surface area contributed by atoms with E-state index in [2.05, 4.69) is 0 Å². The number of unbranched alkanes of at least 4 members (excludes halogenated alkanes) is 7. The molecule has 0 bridgehead atoms. The second kappa shape index (κ2) is 12.2. The van der Waals surface area contributed by atoms with Crippen LogP contribution in [0.25, 0.3) is 0 Å². The smallest absolute Gasteiger partial charge is 0.303 e. The Kier molecular flexibility index (Phi) is 6.78. The predicted molar refractivity (Wildman–Crippen MR) is 85.0 cm³/mol. The topological polar surface area (TPSA) is 37.3 Å². The lowest BCUT2D eigenvalue weighted by molar-refractivity contribution is -0.137. The van der Waals surface area contributed by atoms with Gasteiger partial charge >= 0.3 is 5.97 Å². The van der Waals surface area contributed by atoms with E-state index in [4.69, 9.17) is 12.0 Å². The van der Waals surface area contributed by atoms with E-state index in [1.54, 1.807) is 0 Å². The fourth-order valence-electron chi connectivity index (χ4n) is 2.65. The molecule has 0 saturated heterocycles. The van der Waals surface area contributed by atoms with Crippen molar-refractivity contribution >= 4 is 5.97 Å². The van der Waals surface area contributed by atoms with Crippen LogP contribution < -0.4 is 0 Å². The van der Waals surface area contributed by atoms with Crippen LogP contribution in [0, 0.1) is 5.92 Å². The van der Waals surface area contributed by atoms with E-state index < -0.39 is 38.0 Å². The molecule has 20 heavy (non-hydrogen) atoms. The number of rotatable bonds is 11. The first-order valence-corrected chi connectivity index (χ1v) is 8.17. The van der Waals surface area contributed by atoms with E-state index >= 15 is 0 Å². The lowest BCUT2D eigenvalue weighted by Gasteiger charge is -2.13. The molecule has 0 aliphatic heterocycles. The van der Waals surface area contributed by atoms with Crippen LogP contribution in [0.2, 0.25) is 0 Å². The van der Waals surface area contributed by atoms with E-state index in [0.717, 1.165) is 57.8 Å². The molecule has 1 rings (SSSR count). The van der Waals surface area contributed by atoms with Crippen molar-refractivity contribution in [3.63, 3.8) is 0 Å². The Morgan fingerprint density at radius 2 is 1.50 bits per heavy atom. The molecule has 1 saturated carbocycles. The summed E-state index contributed by atoms with van der Waals surface area (Å²) in [6.07, 6.45) is 5.95. The third-order valence-corrected chi connectivity index (χ3v) is 3.90. The van der Waals surface area contributed by atoms with Gasteiger partial charge in [-0.25, -0.2) is 0 Å². The molecule has 1 fully saturated rings. The molecule has 0 aromatic rings. The van der Waals surface area contributed by atoms with Crippen LogP contribution in [0.3, 0.4) is 0 Å². The Balaban J connectivity index is 2.13. The molecule has 0 amide bonds. The van der Waals surface area contributed by atoms with Crippen LogP contribution in [-0.4, -0.2) is 11.1 Å². The quantitative estimate of drug-likeness (QED) is 0.377. The van der Waals surface area contributed by atoms with Crippen molar-refractivity contribution in [3.8, 4) is 0 Å². The molecule has 1 aliphatic rings. The number of carboxylic acid groups (broad SMARTS) is 1. The highest BCUT2D eigenvalue weighted by Gasteiger charge is 2.11. The van der Waals surface area contributed by atoms with Crippen molar-refractivity contribution in [1.29, 1.82) is 0 Å². The maximum Gasteiger partial charge on any atom is 0.303 e. The lowest BCUT2D eigenvalue weighted by atomic mass is 9.93. The number of hydrogen-bond acceptors (Lipinski definition) is 1. The number of carboxylic acids is 1. The number of hydrogen-bond donors (Lipinski definition) is 1. The minimum atomic E-state index is -0.934. The zero-order valence-electron chi connectivity index (χ0n) is 17.6. The largest absolute Gasteiger partial charge is 0.481 e. The van der Waals surface area contributed by atoms with Crippen molar-refractivity contribution in [2.24, 2.45) is 5.92 Å². The van der Waals surface area contributed by atoms with Gasteiger partial charge in [0.05, 0.1) is 0 Å². The van der Waals surface area contributed by atoms with Gasteiger partial charge in [-0.3, -0.25) is 4.79 Å². The van der Waals surface area contributed by atoms with Crippen LogP contribution in [0.1, 0.15) is 109 Å². The summed E-state index contributed by atoms with van der Waals surface area (Å²) < 4.78 is 40.0. The molecule has 0 aromatic carbocycles. The van der Waals surface area contributed by atoms with E-state index in [1.807, 2.05) is 0 Å². The molecule has 0 radical (unpaired) electrons. The standard InChI is InChI=1S/C18H34O2/c19-18(20)16-12-6-4-2-1-3-5-9-13-17-14-10-7-8-11-15-17/h17H,1-16H2,(H,19,20)/i7D,8D,10D,11D,14D. The molecule has 1 aliphatic carbocycles. The van der Waals surface area contributed by atoms with E-state index in [9.17, 15) is 4.79 Å². The van der Waals surface area contributed by atoms with Gasteiger partial charge in [0.2, 0.25) is 0 Å². The first-order chi connectivity index (χ1) is 11.8. The third-order valence-electron chi connectivity index (χ3n) is 3.90. The summed E-state index contributed by atoms with van der Waals surface area (Å²) in [7, 11) is 0. The van der Waals surface area contributed by atoms with Crippen LogP contribution in [-0.2, 0) is 4.79 Å². The summed E-state index contributed by atoms with van der Waals surface area (Å²) in [6.45, 7) is 0. The predicted octanol–water partition coefficient (Wildman–Crippen LogP) is 5.94. The molecular weight excluding hydrogens is 248 g/mol. The molecule has 6 atom stereocenters. The second-order valence-electron chi connectivity index (χ2n) is 5.76. The Morgan fingerprint density at radius 3 is 2.20 bits per heavy atom. The summed E-state index contributed by atoms with van der Waals surface area (Å²) in [5.41, 5.74) is 0. The van der Waals surface area contributed by atoms with Crippen LogP contribution in [0.5, 0.6) is 0 Å². The zero-order valence-corrected chi connectivity index (χ0v) is 12.6. The van der Waals surface area contributed by atoms with Crippen molar-refractivity contribution in [2.75, 3.05) is 0 Å². The van der Waals surface area contributed by atoms with E-state index in [1.165, 1.54) is 0 Å².